The predicted octanol–water partition coefficient (Wildman–Crippen LogP) is 5.07. The Morgan fingerprint density at radius 2 is 1.67 bits per heavy atom. The Balaban J connectivity index is 1.27. The van der Waals surface area contributed by atoms with Crippen molar-refractivity contribution in [1.82, 2.24) is 14.7 Å². The van der Waals surface area contributed by atoms with Crippen molar-refractivity contribution in [3.63, 3.8) is 0 Å². The summed E-state index contributed by atoms with van der Waals surface area (Å²) in [5, 5.41) is 0. The van der Waals surface area contributed by atoms with Gasteiger partial charge in [0.15, 0.2) is 23.0 Å². The lowest BCUT2D eigenvalue weighted by Crippen LogP contribution is -2.48. The first kappa shape index (κ1) is 32.3. The number of fused-ring (bicyclic) bond motifs is 2. The van der Waals surface area contributed by atoms with Crippen molar-refractivity contribution >= 4 is 29.8 Å². The van der Waals surface area contributed by atoms with Crippen LogP contribution in [0.25, 0.3) is 6.08 Å². The summed E-state index contributed by atoms with van der Waals surface area (Å²) in [4.78, 5) is 36.6. The molecule has 10 nitrogen and oxygen atoms in total. The number of carbonyl (C=O) groups is 2. The van der Waals surface area contributed by atoms with Crippen LogP contribution in [-0.2, 0) is 4.79 Å². The summed E-state index contributed by atoms with van der Waals surface area (Å²) < 4.78 is 24.3. The lowest BCUT2D eigenvalue weighted by atomic mass is 9.77. The van der Waals surface area contributed by atoms with E-state index in [1.165, 1.54) is 0 Å². The van der Waals surface area contributed by atoms with Crippen molar-refractivity contribution in [1.29, 1.82) is 0 Å². The fourth-order valence-corrected chi connectivity index (χ4v) is 5.64. The maximum Gasteiger partial charge on any atom is 0.256 e. The summed E-state index contributed by atoms with van der Waals surface area (Å²) in [5.41, 5.74) is 0.757. The molecule has 0 saturated carbocycles. The number of methoxy groups -OCH3 is 2. The van der Waals surface area contributed by atoms with Gasteiger partial charge in [-0.3, -0.25) is 14.6 Å². The molecule has 1 unspecified atom stereocenters. The standard InChI is InChI=1S/C35H46N4O6/c1-34(2,23-44-28-12-10-24(19-29(28)42-6)11-13-32(40)38-17-15-37(5)16-18-38)35(3,4)45-31-21-27-26(20-30(31)43-7)33(41)39-14-8-9-25(39)22-36-27/h10-13,19-22,25H,8-9,14-18,23H2,1-7H3. The van der Waals surface area contributed by atoms with E-state index in [9.17, 15) is 9.59 Å². The highest BCUT2D eigenvalue weighted by atomic mass is 16.5. The molecule has 2 amide bonds. The summed E-state index contributed by atoms with van der Waals surface area (Å²) in [7, 11) is 5.25. The minimum atomic E-state index is -0.716. The number of likely N-dealkylation sites (N-methyl/N-ethyl adjacent to an activating group) is 1. The highest BCUT2D eigenvalue weighted by Crippen LogP contribution is 2.43. The number of hydrogen-bond donors (Lipinski definition) is 0. The molecule has 3 heterocycles. The Morgan fingerprint density at radius 3 is 2.38 bits per heavy atom. The lowest BCUT2D eigenvalue weighted by Gasteiger charge is -2.41. The van der Waals surface area contributed by atoms with Crippen LogP contribution >= 0.6 is 0 Å². The van der Waals surface area contributed by atoms with Gasteiger partial charge in [-0.05, 0) is 63.6 Å². The molecule has 0 radical (unpaired) electrons. The Labute approximate surface area is 266 Å². The first-order valence-electron chi connectivity index (χ1n) is 15.6. The van der Waals surface area contributed by atoms with E-state index in [1.54, 1.807) is 32.4 Å². The molecule has 2 saturated heterocycles. The SMILES string of the molecule is COc1cc(C=CC(=O)N2CCN(C)CC2)ccc1OCC(C)(C)C(C)(C)Oc1cc2c(cc1OC)C(=O)N1CCCC1C=N2. The van der Waals surface area contributed by atoms with Gasteiger partial charge >= 0.3 is 0 Å². The zero-order valence-corrected chi connectivity index (χ0v) is 27.6. The third kappa shape index (κ3) is 6.96. The second-order valence-corrected chi connectivity index (χ2v) is 13.2. The zero-order valence-electron chi connectivity index (χ0n) is 27.6. The third-order valence-corrected chi connectivity index (χ3v) is 9.46. The van der Waals surface area contributed by atoms with E-state index in [0.29, 0.717) is 40.9 Å². The van der Waals surface area contributed by atoms with Crippen LogP contribution in [-0.4, -0.2) is 105 Å². The summed E-state index contributed by atoms with van der Waals surface area (Å²) in [5.74, 6) is 2.16. The van der Waals surface area contributed by atoms with Crippen LogP contribution in [0.1, 0.15) is 56.5 Å². The largest absolute Gasteiger partial charge is 0.493 e. The van der Waals surface area contributed by atoms with Gasteiger partial charge in [0.05, 0.1) is 38.1 Å². The highest BCUT2D eigenvalue weighted by Gasteiger charge is 2.41. The van der Waals surface area contributed by atoms with Crippen molar-refractivity contribution in [2.45, 2.75) is 52.2 Å². The van der Waals surface area contributed by atoms with Crippen LogP contribution < -0.4 is 18.9 Å². The van der Waals surface area contributed by atoms with Gasteiger partial charge in [0.25, 0.3) is 5.91 Å². The second-order valence-electron chi connectivity index (χ2n) is 13.2. The molecule has 0 aliphatic carbocycles. The summed E-state index contributed by atoms with van der Waals surface area (Å²) in [6, 6.07) is 9.20. The average Bonchev–Trinajstić information content (AvgIpc) is 3.45. The van der Waals surface area contributed by atoms with Crippen LogP contribution in [0.5, 0.6) is 23.0 Å². The molecule has 2 aromatic carbocycles. The number of aliphatic imine (C=N–C) groups is 1. The molecule has 3 aliphatic rings. The van der Waals surface area contributed by atoms with Gasteiger partial charge in [0.1, 0.15) is 5.60 Å². The molecule has 0 aromatic heterocycles. The molecule has 0 N–H and O–H groups in total. The number of carbonyl (C=O) groups excluding carboxylic acids is 2. The molecule has 10 heteroatoms. The average molecular weight is 619 g/mol. The predicted molar refractivity (Wildman–Crippen MR) is 175 cm³/mol. The van der Waals surface area contributed by atoms with Crippen LogP contribution in [0, 0.1) is 5.41 Å². The van der Waals surface area contributed by atoms with E-state index >= 15 is 0 Å². The van der Waals surface area contributed by atoms with E-state index in [4.69, 9.17) is 18.9 Å². The number of rotatable bonds is 10. The Kier molecular flexibility index (Phi) is 9.44. The van der Waals surface area contributed by atoms with Crippen LogP contribution in [0.2, 0.25) is 0 Å². The quantitative estimate of drug-likeness (QED) is 0.343. The summed E-state index contributed by atoms with van der Waals surface area (Å²) >= 11 is 0. The minimum Gasteiger partial charge on any atom is -0.493 e. The Morgan fingerprint density at radius 1 is 0.956 bits per heavy atom. The van der Waals surface area contributed by atoms with Crippen LogP contribution in [0.4, 0.5) is 5.69 Å². The van der Waals surface area contributed by atoms with Gasteiger partial charge in [-0.15, -0.1) is 0 Å². The van der Waals surface area contributed by atoms with Gasteiger partial charge in [-0.25, -0.2) is 0 Å². The number of benzene rings is 2. The van der Waals surface area contributed by atoms with Crippen LogP contribution in [0.3, 0.4) is 0 Å². The van der Waals surface area contributed by atoms with Crippen molar-refractivity contribution in [2.24, 2.45) is 10.4 Å². The molecule has 2 aromatic rings. The molecule has 2 fully saturated rings. The first-order chi connectivity index (χ1) is 21.4. The smallest absolute Gasteiger partial charge is 0.256 e. The normalized spacial score (nSPS) is 18.9. The Bertz CT molecular complexity index is 1470. The minimum absolute atomic E-state index is 0.0104. The van der Waals surface area contributed by atoms with Gasteiger partial charge in [-0.1, -0.05) is 19.9 Å². The first-order valence-corrected chi connectivity index (χ1v) is 15.6. The number of nitrogens with zero attached hydrogens (tertiary/aromatic N) is 4. The zero-order chi connectivity index (χ0) is 32.4. The topological polar surface area (TPSA) is 93.1 Å². The van der Waals surface area contributed by atoms with Gasteiger partial charge in [-0.2, -0.15) is 0 Å². The fourth-order valence-electron chi connectivity index (χ4n) is 5.64. The molecule has 1 atom stereocenters. The lowest BCUT2D eigenvalue weighted by molar-refractivity contribution is -0.127. The summed E-state index contributed by atoms with van der Waals surface area (Å²) in [6.45, 7) is 12.5. The molecule has 3 aliphatic heterocycles. The van der Waals surface area contributed by atoms with E-state index in [2.05, 4.69) is 30.8 Å². The van der Waals surface area contributed by atoms with Crippen LogP contribution in [0.15, 0.2) is 41.4 Å². The van der Waals surface area contributed by atoms with E-state index in [1.807, 2.05) is 54.1 Å². The molecule has 0 spiro atoms. The van der Waals surface area contributed by atoms with E-state index in [0.717, 1.165) is 51.1 Å². The monoisotopic (exact) mass is 618 g/mol. The molecule has 45 heavy (non-hydrogen) atoms. The van der Waals surface area contributed by atoms with E-state index < -0.39 is 11.0 Å². The highest BCUT2D eigenvalue weighted by molar-refractivity contribution is 6.03. The number of amides is 2. The van der Waals surface area contributed by atoms with Crippen molar-refractivity contribution in [3.05, 3.63) is 47.5 Å². The Hall–Kier alpha value is -4.05. The van der Waals surface area contributed by atoms with Gasteiger partial charge in [0, 0.05) is 56.5 Å². The number of hydrogen-bond acceptors (Lipinski definition) is 8. The van der Waals surface area contributed by atoms with Gasteiger partial charge in [0.2, 0.25) is 5.91 Å². The molecule has 242 valence electrons. The number of ether oxygens (including phenoxy) is 4. The summed E-state index contributed by atoms with van der Waals surface area (Å²) in [6.07, 6.45) is 7.20. The van der Waals surface area contributed by atoms with Crippen molar-refractivity contribution in [3.8, 4) is 23.0 Å². The van der Waals surface area contributed by atoms with E-state index in [-0.39, 0.29) is 17.9 Å². The molecule has 0 bridgehead atoms. The maximum atomic E-state index is 13.3. The van der Waals surface area contributed by atoms with Crippen molar-refractivity contribution in [2.75, 3.05) is 60.6 Å². The van der Waals surface area contributed by atoms with Crippen molar-refractivity contribution < 1.29 is 28.5 Å². The second kappa shape index (κ2) is 13.1. The number of piperazine rings is 1. The fraction of sp³-hybridized carbons (Fsp3) is 0.514. The molecular weight excluding hydrogens is 572 g/mol. The molecule has 5 rings (SSSR count). The maximum absolute atomic E-state index is 13.3. The van der Waals surface area contributed by atoms with Gasteiger partial charge < -0.3 is 33.6 Å². The third-order valence-electron chi connectivity index (χ3n) is 9.46. The molecular formula is C35H46N4O6.